The van der Waals surface area contributed by atoms with Crippen LogP contribution in [0.25, 0.3) is 0 Å². The van der Waals surface area contributed by atoms with Crippen LogP contribution in [0.3, 0.4) is 0 Å². The molecule has 2 rings (SSSR count). The fraction of sp³-hybridized carbons (Fsp3) is 0.231. The van der Waals surface area contributed by atoms with Crippen LogP contribution >= 0.6 is 0 Å². The maximum Gasteiger partial charge on any atom is 0.263 e. The number of hydrogen-bond acceptors (Lipinski definition) is 4. The second-order valence-electron chi connectivity index (χ2n) is 4.12. The SMILES string of the molecule is Cn1cccc(C(=O)NCC(O)c2ccoc2)c1=O. The van der Waals surface area contributed by atoms with Crippen LogP contribution in [0.1, 0.15) is 22.0 Å². The van der Waals surface area contributed by atoms with Crippen molar-refractivity contribution in [1.82, 2.24) is 9.88 Å². The summed E-state index contributed by atoms with van der Waals surface area (Å²) in [6.07, 6.45) is 3.54. The lowest BCUT2D eigenvalue weighted by Crippen LogP contribution is -2.34. The van der Waals surface area contributed by atoms with Crippen molar-refractivity contribution in [2.45, 2.75) is 6.10 Å². The third kappa shape index (κ3) is 2.92. The second-order valence-corrected chi connectivity index (χ2v) is 4.12. The van der Waals surface area contributed by atoms with Gasteiger partial charge in [0.25, 0.3) is 11.5 Å². The first kappa shape index (κ1) is 13.1. The Morgan fingerprint density at radius 2 is 2.32 bits per heavy atom. The van der Waals surface area contributed by atoms with Crippen molar-refractivity contribution in [2.24, 2.45) is 7.05 Å². The molecule has 1 amide bonds. The lowest BCUT2D eigenvalue weighted by atomic mass is 10.2. The molecule has 0 spiro atoms. The van der Waals surface area contributed by atoms with Gasteiger partial charge in [0, 0.05) is 25.4 Å². The first-order valence-electron chi connectivity index (χ1n) is 5.73. The van der Waals surface area contributed by atoms with Crippen molar-refractivity contribution in [3.05, 3.63) is 58.4 Å². The molecule has 2 aromatic heterocycles. The number of pyridine rings is 1. The van der Waals surface area contributed by atoms with E-state index in [1.165, 1.54) is 23.2 Å². The largest absolute Gasteiger partial charge is 0.472 e. The summed E-state index contributed by atoms with van der Waals surface area (Å²) in [4.78, 5) is 23.5. The van der Waals surface area contributed by atoms with Crippen LogP contribution in [0.15, 0.2) is 46.1 Å². The van der Waals surface area contributed by atoms with E-state index in [2.05, 4.69) is 5.32 Å². The summed E-state index contributed by atoms with van der Waals surface area (Å²) < 4.78 is 6.16. The Morgan fingerprint density at radius 1 is 1.53 bits per heavy atom. The second kappa shape index (κ2) is 5.53. The number of aliphatic hydroxyl groups is 1. The van der Waals surface area contributed by atoms with Crippen LogP contribution in [0, 0.1) is 0 Å². The molecular weight excluding hydrogens is 248 g/mol. The van der Waals surface area contributed by atoms with Crippen molar-refractivity contribution >= 4 is 5.91 Å². The van der Waals surface area contributed by atoms with Gasteiger partial charge in [-0.1, -0.05) is 0 Å². The number of nitrogens with zero attached hydrogens (tertiary/aromatic N) is 1. The average Bonchev–Trinajstić information content (AvgIpc) is 2.93. The first-order chi connectivity index (χ1) is 9.09. The Bertz CT molecular complexity index is 616. The van der Waals surface area contributed by atoms with E-state index in [1.54, 1.807) is 25.4 Å². The number of carbonyl (C=O) groups is 1. The summed E-state index contributed by atoms with van der Waals surface area (Å²) in [5, 5.41) is 12.3. The molecule has 0 aliphatic carbocycles. The summed E-state index contributed by atoms with van der Waals surface area (Å²) >= 11 is 0. The molecule has 2 heterocycles. The molecule has 0 fully saturated rings. The molecule has 1 atom stereocenters. The number of aliphatic hydroxyl groups excluding tert-OH is 1. The monoisotopic (exact) mass is 262 g/mol. The number of aryl methyl sites for hydroxylation is 1. The Morgan fingerprint density at radius 3 is 3.00 bits per heavy atom. The molecule has 0 aliphatic rings. The molecule has 2 N–H and O–H groups in total. The topological polar surface area (TPSA) is 84.5 Å². The zero-order chi connectivity index (χ0) is 13.8. The van der Waals surface area contributed by atoms with Crippen LogP contribution in [0.2, 0.25) is 0 Å². The Labute approximate surface area is 109 Å². The van der Waals surface area contributed by atoms with E-state index in [0.717, 1.165) is 0 Å². The van der Waals surface area contributed by atoms with Gasteiger partial charge in [-0.25, -0.2) is 0 Å². The quantitative estimate of drug-likeness (QED) is 0.837. The number of hydrogen-bond donors (Lipinski definition) is 2. The maximum absolute atomic E-state index is 11.8. The van der Waals surface area contributed by atoms with Crippen LogP contribution in [0.5, 0.6) is 0 Å². The van der Waals surface area contributed by atoms with Crippen LogP contribution in [-0.2, 0) is 7.05 Å². The van der Waals surface area contributed by atoms with E-state index in [0.29, 0.717) is 5.56 Å². The normalized spacial score (nSPS) is 12.1. The van der Waals surface area contributed by atoms with Gasteiger partial charge in [0.05, 0.1) is 18.6 Å². The van der Waals surface area contributed by atoms with Gasteiger partial charge in [-0.2, -0.15) is 0 Å². The fourth-order valence-corrected chi connectivity index (χ4v) is 1.64. The molecule has 19 heavy (non-hydrogen) atoms. The minimum atomic E-state index is -0.865. The molecule has 6 heteroatoms. The molecule has 0 aliphatic heterocycles. The van der Waals surface area contributed by atoms with E-state index in [-0.39, 0.29) is 17.7 Å². The molecule has 100 valence electrons. The minimum Gasteiger partial charge on any atom is -0.472 e. The predicted octanol–water partition coefficient (Wildman–Crippen LogP) is 0.442. The lowest BCUT2D eigenvalue weighted by Gasteiger charge is -2.10. The number of rotatable bonds is 4. The molecule has 2 aromatic rings. The molecule has 0 radical (unpaired) electrons. The maximum atomic E-state index is 11.8. The van der Waals surface area contributed by atoms with Crippen molar-refractivity contribution in [1.29, 1.82) is 0 Å². The third-order valence-electron chi connectivity index (χ3n) is 2.75. The van der Waals surface area contributed by atoms with E-state index in [1.807, 2.05) is 0 Å². The third-order valence-corrected chi connectivity index (χ3v) is 2.75. The Hall–Kier alpha value is -2.34. The lowest BCUT2D eigenvalue weighted by molar-refractivity contribution is 0.0914. The van der Waals surface area contributed by atoms with Crippen LogP contribution in [-0.4, -0.2) is 22.1 Å². The highest BCUT2D eigenvalue weighted by Gasteiger charge is 2.14. The van der Waals surface area contributed by atoms with Crippen LogP contribution in [0.4, 0.5) is 0 Å². The molecule has 6 nitrogen and oxygen atoms in total. The molecule has 0 bridgehead atoms. The van der Waals surface area contributed by atoms with Gasteiger partial charge in [-0.3, -0.25) is 9.59 Å². The summed E-state index contributed by atoms with van der Waals surface area (Å²) in [6.45, 7) is 0.0103. The van der Waals surface area contributed by atoms with Crippen molar-refractivity contribution in [2.75, 3.05) is 6.54 Å². The van der Waals surface area contributed by atoms with Gasteiger partial charge < -0.3 is 19.4 Å². The molecule has 0 saturated carbocycles. The predicted molar refractivity (Wildman–Crippen MR) is 67.7 cm³/mol. The van der Waals surface area contributed by atoms with E-state index in [9.17, 15) is 14.7 Å². The molecular formula is C13H14N2O4. The summed E-state index contributed by atoms with van der Waals surface area (Å²) in [5.41, 5.74) is 0.239. The number of aromatic nitrogens is 1. The molecule has 0 aromatic carbocycles. The van der Waals surface area contributed by atoms with Gasteiger partial charge in [0.15, 0.2) is 0 Å². The fourth-order valence-electron chi connectivity index (χ4n) is 1.64. The van der Waals surface area contributed by atoms with Gasteiger partial charge in [-0.05, 0) is 18.2 Å². The van der Waals surface area contributed by atoms with Crippen molar-refractivity contribution < 1.29 is 14.3 Å². The number of amides is 1. The summed E-state index contributed by atoms with van der Waals surface area (Å²) in [7, 11) is 1.57. The first-order valence-corrected chi connectivity index (χ1v) is 5.73. The van der Waals surface area contributed by atoms with Gasteiger partial charge in [0.2, 0.25) is 0 Å². The van der Waals surface area contributed by atoms with Gasteiger partial charge >= 0.3 is 0 Å². The summed E-state index contributed by atoms with van der Waals surface area (Å²) in [6, 6.07) is 4.67. The van der Waals surface area contributed by atoms with Gasteiger partial charge in [-0.15, -0.1) is 0 Å². The van der Waals surface area contributed by atoms with E-state index < -0.39 is 12.0 Å². The highest BCUT2D eigenvalue weighted by atomic mass is 16.3. The molecule has 0 saturated heterocycles. The van der Waals surface area contributed by atoms with Gasteiger partial charge in [0.1, 0.15) is 5.56 Å². The standard InChI is InChI=1S/C13H14N2O4/c1-15-5-2-3-10(13(15)18)12(17)14-7-11(16)9-4-6-19-8-9/h2-6,8,11,16H,7H2,1H3,(H,14,17). The zero-order valence-electron chi connectivity index (χ0n) is 10.4. The minimum absolute atomic E-state index is 0.0103. The van der Waals surface area contributed by atoms with E-state index in [4.69, 9.17) is 4.42 Å². The Kier molecular flexibility index (Phi) is 3.82. The number of furan rings is 1. The van der Waals surface area contributed by atoms with Crippen LogP contribution < -0.4 is 10.9 Å². The number of carbonyl (C=O) groups excluding carboxylic acids is 1. The van der Waals surface area contributed by atoms with Crippen molar-refractivity contribution in [3.63, 3.8) is 0 Å². The van der Waals surface area contributed by atoms with E-state index >= 15 is 0 Å². The smallest absolute Gasteiger partial charge is 0.263 e. The zero-order valence-corrected chi connectivity index (χ0v) is 10.4. The number of nitrogens with one attached hydrogen (secondary N) is 1. The highest BCUT2D eigenvalue weighted by Crippen LogP contribution is 2.11. The van der Waals surface area contributed by atoms with Crippen molar-refractivity contribution in [3.8, 4) is 0 Å². The Balaban J connectivity index is 2.02. The molecule has 1 unspecified atom stereocenters. The average molecular weight is 262 g/mol. The highest BCUT2D eigenvalue weighted by molar-refractivity contribution is 5.93. The summed E-state index contributed by atoms with van der Waals surface area (Å²) in [5.74, 6) is -0.510.